The molecule has 2 aliphatic heterocycles. The van der Waals surface area contributed by atoms with Crippen LogP contribution in [0.4, 0.5) is 0 Å². The van der Waals surface area contributed by atoms with E-state index in [4.69, 9.17) is 0 Å². The summed E-state index contributed by atoms with van der Waals surface area (Å²) in [4.78, 5) is 32.2. The summed E-state index contributed by atoms with van der Waals surface area (Å²) in [5.41, 5.74) is 0.563. The molecule has 0 radical (unpaired) electrons. The van der Waals surface area contributed by atoms with Gasteiger partial charge in [0, 0.05) is 24.2 Å². The zero-order valence-corrected chi connectivity index (χ0v) is 19.5. The molecule has 2 saturated heterocycles. The molecular weight excluding hydrogens is 414 g/mol. The summed E-state index contributed by atoms with van der Waals surface area (Å²) in [6, 6.07) is 9.19. The Morgan fingerprint density at radius 2 is 1.55 bits per heavy atom. The van der Waals surface area contributed by atoms with Crippen LogP contribution in [0.5, 0.6) is 0 Å². The van der Waals surface area contributed by atoms with E-state index in [0.29, 0.717) is 29.6 Å². The maximum atomic E-state index is 13.3. The van der Waals surface area contributed by atoms with Gasteiger partial charge in [-0.1, -0.05) is 38.3 Å². The lowest BCUT2D eigenvalue weighted by Gasteiger charge is -2.56. The van der Waals surface area contributed by atoms with Crippen LogP contribution in [-0.2, 0) is 0 Å². The molecule has 6 nitrogen and oxygen atoms in total. The molecule has 2 aliphatic carbocycles. The molecular formula is C27H35N3O3. The van der Waals surface area contributed by atoms with Crippen molar-refractivity contribution < 1.29 is 9.90 Å². The van der Waals surface area contributed by atoms with Gasteiger partial charge in [0.15, 0.2) is 0 Å². The first-order chi connectivity index (χ1) is 16.0. The largest absolute Gasteiger partial charge is 0.476 e. The molecule has 1 aromatic heterocycles. The second-order valence-electron chi connectivity index (χ2n) is 11.4. The zero-order chi connectivity index (χ0) is 22.7. The number of para-hydroxylation sites is 2. The molecule has 6 atom stereocenters. The summed E-state index contributed by atoms with van der Waals surface area (Å²) < 4.78 is 1.79. The van der Waals surface area contributed by atoms with Gasteiger partial charge in [-0.15, -0.1) is 0 Å². The second-order valence-corrected chi connectivity index (χ2v) is 11.4. The highest BCUT2D eigenvalue weighted by molar-refractivity contribution is 5.88. The quantitative estimate of drug-likeness (QED) is 0.724. The number of hydrogen-bond donors (Lipinski definition) is 1. The van der Waals surface area contributed by atoms with Crippen LogP contribution in [0.2, 0.25) is 0 Å². The third-order valence-corrected chi connectivity index (χ3v) is 9.17. The van der Waals surface area contributed by atoms with Gasteiger partial charge in [-0.05, 0) is 74.8 Å². The summed E-state index contributed by atoms with van der Waals surface area (Å²) in [6.07, 6.45) is 12.6. The van der Waals surface area contributed by atoms with Crippen LogP contribution in [0.15, 0.2) is 29.1 Å². The van der Waals surface area contributed by atoms with E-state index < -0.39 is 11.5 Å². The number of carboxylic acid groups (broad SMARTS) is 1. The van der Waals surface area contributed by atoms with Crippen molar-refractivity contribution in [1.29, 1.82) is 0 Å². The number of fused-ring (bicyclic) bond motifs is 5. The molecule has 0 spiro atoms. The van der Waals surface area contributed by atoms with Crippen molar-refractivity contribution >= 4 is 17.0 Å². The minimum Gasteiger partial charge on any atom is -0.476 e. The fourth-order valence-electron chi connectivity index (χ4n) is 8.13. The number of piperidine rings is 2. The van der Waals surface area contributed by atoms with E-state index in [-0.39, 0.29) is 11.7 Å². The summed E-state index contributed by atoms with van der Waals surface area (Å²) in [5.74, 6) is 1.28. The number of aromatic carboxylic acids is 1. The number of carbonyl (C=O) groups is 1. The molecule has 2 aromatic rings. The monoisotopic (exact) mass is 449 g/mol. The molecule has 6 heteroatoms. The topological polar surface area (TPSA) is 75.4 Å². The smallest absolute Gasteiger partial charge is 0.360 e. The molecule has 2 unspecified atom stereocenters. The van der Waals surface area contributed by atoms with Gasteiger partial charge in [0.1, 0.15) is 0 Å². The van der Waals surface area contributed by atoms with Crippen LogP contribution < -0.4 is 5.56 Å². The van der Waals surface area contributed by atoms with Crippen LogP contribution in [0, 0.1) is 17.8 Å². The van der Waals surface area contributed by atoms with Crippen LogP contribution >= 0.6 is 0 Å². The number of nitrogens with zero attached hydrogens (tertiary/aromatic N) is 3. The van der Waals surface area contributed by atoms with Gasteiger partial charge in [0.25, 0.3) is 5.56 Å². The molecule has 4 fully saturated rings. The van der Waals surface area contributed by atoms with E-state index in [9.17, 15) is 14.7 Å². The Balaban J connectivity index is 1.36. The van der Waals surface area contributed by atoms with Crippen molar-refractivity contribution in [2.24, 2.45) is 17.8 Å². The Bertz CT molecular complexity index is 1100. The predicted molar refractivity (Wildman–Crippen MR) is 128 cm³/mol. The summed E-state index contributed by atoms with van der Waals surface area (Å²) >= 11 is 0. The first-order valence-electron chi connectivity index (χ1n) is 13.0. The van der Waals surface area contributed by atoms with Gasteiger partial charge in [-0.3, -0.25) is 9.69 Å². The third-order valence-electron chi connectivity index (χ3n) is 9.17. The van der Waals surface area contributed by atoms with Crippen molar-refractivity contribution in [3.8, 4) is 0 Å². The Hall–Kier alpha value is -2.21. The zero-order valence-electron chi connectivity index (χ0n) is 19.5. The molecule has 4 bridgehead atoms. The van der Waals surface area contributed by atoms with Crippen molar-refractivity contribution in [2.75, 3.05) is 0 Å². The first kappa shape index (κ1) is 21.3. The SMILES string of the molecule is C[C@@H]1C[C@@H]2C[C@H](n3c(=O)c(C(=O)O)nc4ccccc43)C[C@H](C1)N2C1CC2CCCC(C2)C1. The van der Waals surface area contributed by atoms with Crippen molar-refractivity contribution in [3.63, 3.8) is 0 Å². The first-order valence-corrected chi connectivity index (χ1v) is 13.0. The summed E-state index contributed by atoms with van der Waals surface area (Å²) in [6.45, 7) is 2.38. The fraction of sp³-hybridized carbons (Fsp3) is 0.667. The minimum absolute atomic E-state index is 0.0327. The lowest BCUT2D eigenvalue weighted by Crippen LogP contribution is -2.60. The van der Waals surface area contributed by atoms with Gasteiger partial charge < -0.3 is 9.67 Å². The normalized spacial score (nSPS) is 36.6. The molecule has 0 amide bonds. The molecule has 1 aromatic carbocycles. The summed E-state index contributed by atoms with van der Waals surface area (Å²) in [7, 11) is 0. The van der Waals surface area contributed by atoms with E-state index >= 15 is 0 Å². The summed E-state index contributed by atoms with van der Waals surface area (Å²) in [5, 5.41) is 9.65. The number of hydrogen-bond acceptors (Lipinski definition) is 4. The molecule has 4 aliphatic rings. The average Bonchev–Trinajstić information content (AvgIpc) is 2.77. The molecule has 3 heterocycles. The Kier molecular flexibility index (Phi) is 5.32. The van der Waals surface area contributed by atoms with E-state index in [1.54, 1.807) is 4.57 Å². The van der Waals surface area contributed by atoms with Crippen molar-refractivity contribution in [3.05, 3.63) is 40.3 Å². The van der Waals surface area contributed by atoms with E-state index in [2.05, 4.69) is 16.8 Å². The maximum absolute atomic E-state index is 13.3. The van der Waals surface area contributed by atoms with Crippen LogP contribution in [0.1, 0.15) is 87.7 Å². The highest BCUT2D eigenvalue weighted by Crippen LogP contribution is 2.48. The second kappa shape index (κ2) is 8.23. The highest BCUT2D eigenvalue weighted by Gasteiger charge is 2.47. The molecule has 33 heavy (non-hydrogen) atoms. The van der Waals surface area contributed by atoms with Crippen LogP contribution in [-0.4, -0.2) is 43.7 Å². The van der Waals surface area contributed by atoms with Gasteiger partial charge in [0.2, 0.25) is 5.69 Å². The van der Waals surface area contributed by atoms with E-state index in [1.165, 1.54) is 51.4 Å². The molecule has 1 N–H and O–H groups in total. The number of aromatic nitrogens is 2. The molecule has 176 valence electrons. The third kappa shape index (κ3) is 3.71. The molecule has 6 rings (SSSR count). The lowest BCUT2D eigenvalue weighted by atomic mass is 9.67. The van der Waals surface area contributed by atoms with Crippen molar-refractivity contribution in [2.45, 2.75) is 95.3 Å². The minimum atomic E-state index is -1.24. The number of rotatable bonds is 3. The predicted octanol–water partition coefficient (Wildman–Crippen LogP) is 4.87. The van der Waals surface area contributed by atoms with Gasteiger partial charge in [0.05, 0.1) is 11.0 Å². The Morgan fingerprint density at radius 1 is 0.909 bits per heavy atom. The van der Waals surface area contributed by atoms with Crippen molar-refractivity contribution in [1.82, 2.24) is 14.5 Å². The maximum Gasteiger partial charge on any atom is 0.360 e. The van der Waals surface area contributed by atoms with Crippen LogP contribution in [0.3, 0.4) is 0 Å². The van der Waals surface area contributed by atoms with Gasteiger partial charge in [-0.25, -0.2) is 9.78 Å². The number of benzene rings is 1. The molecule has 2 saturated carbocycles. The highest BCUT2D eigenvalue weighted by atomic mass is 16.4. The van der Waals surface area contributed by atoms with E-state index in [1.807, 2.05) is 24.3 Å². The fourth-order valence-corrected chi connectivity index (χ4v) is 8.13. The Labute approximate surface area is 195 Å². The Morgan fingerprint density at radius 3 is 2.21 bits per heavy atom. The lowest BCUT2D eigenvalue weighted by molar-refractivity contribution is -0.0615. The number of carboxylic acids is 1. The van der Waals surface area contributed by atoms with Gasteiger partial charge >= 0.3 is 5.97 Å². The standard InChI is InChI=1S/C27H35N3O3/c1-16-9-19-14-22(30-24-8-3-2-7-23(24)28-25(26(30)31)27(32)33)15-20(10-16)29(19)21-12-17-5-4-6-18(11-17)13-21/h2-3,7-8,16-22H,4-6,9-15H2,1H3,(H,32,33)/t16-,17?,18?,19-,20+,21?,22+. The van der Waals surface area contributed by atoms with E-state index in [0.717, 1.165) is 30.2 Å². The van der Waals surface area contributed by atoms with Gasteiger partial charge in [-0.2, -0.15) is 0 Å². The average molecular weight is 450 g/mol. The van der Waals surface area contributed by atoms with Crippen LogP contribution in [0.25, 0.3) is 11.0 Å².